The Balaban J connectivity index is 1.91. The first-order valence-electron chi connectivity index (χ1n) is 9.31. The van der Waals surface area contributed by atoms with Crippen LogP contribution in [0, 0.1) is 13.8 Å². The van der Waals surface area contributed by atoms with E-state index in [0.29, 0.717) is 17.0 Å². The molecule has 0 saturated carbocycles. The quantitative estimate of drug-likeness (QED) is 0.487. The van der Waals surface area contributed by atoms with Crippen LogP contribution in [-0.2, 0) is 16.7 Å². The van der Waals surface area contributed by atoms with Crippen LogP contribution in [-0.4, -0.2) is 43.6 Å². The summed E-state index contributed by atoms with van der Waals surface area (Å²) in [6.45, 7) is 9.93. The lowest BCUT2D eigenvalue weighted by Crippen LogP contribution is -2.23. The number of Topliss-reactive ketones (excluding diaryl/α,β-unsaturated/α-hetero) is 1. The van der Waals surface area contributed by atoms with Crippen LogP contribution < -0.4 is 0 Å². The maximum Gasteiger partial charge on any atom is 0.337 e. The highest BCUT2D eigenvalue weighted by Gasteiger charge is 2.24. The van der Waals surface area contributed by atoms with Gasteiger partial charge in [0.1, 0.15) is 6.54 Å². The van der Waals surface area contributed by atoms with Crippen molar-refractivity contribution < 1.29 is 14.3 Å². The molecule has 0 aliphatic heterocycles. The van der Waals surface area contributed by atoms with Crippen molar-refractivity contribution in [3.8, 4) is 5.69 Å². The molecule has 0 unspecified atom stereocenters. The molecule has 0 fully saturated rings. The normalized spacial score (nSPS) is 11.5. The van der Waals surface area contributed by atoms with Gasteiger partial charge in [-0.2, -0.15) is 0 Å². The van der Waals surface area contributed by atoms with Crippen LogP contribution in [0.3, 0.4) is 0 Å². The zero-order valence-corrected chi connectivity index (χ0v) is 17.6. The fourth-order valence-electron chi connectivity index (χ4n) is 3.38. The van der Waals surface area contributed by atoms with Crippen LogP contribution in [0.4, 0.5) is 0 Å². The Bertz CT molecular complexity index is 1060. The molecule has 0 atom stereocenters. The third kappa shape index (κ3) is 3.96. The highest BCUT2D eigenvalue weighted by atomic mass is 16.5. The largest absolute Gasteiger partial charge is 0.465 e. The zero-order valence-electron chi connectivity index (χ0n) is 17.6. The molecule has 0 aliphatic rings. The van der Waals surface area contributed by atoms with Gasteiger partial charge in [0.15, 0.2) is 11.6 Å². The number of esters is 1. The van der Waals surface area contributed by atoms with E-state index in [2.05, 4.69) is 15.5 Å². The molecule has 1 aromatic carbocycles. The van der Waals surface area contributed by atoms with E-state index in [1.54, 1.807) is 16.8 Å². The summed E-state index contributed by atoms with van der Waals surface area (Å²) < 4.78 is 8.28. The molecule has 3 aromatic rings. The number of ketones is 1. The molecular weight excluding hydrogens is 370 g/mol. The van der Waals surface area contributed by atoms with Crippen molar-refractivity contribution in [1.29, 1.82) is 0 Å². The number of tetrazole rings is 1. The Kier molecular flexibility index (Phi) is 5.37. The number of nitrogens with zero attached hydrogens (tertiary/aromatic N) is 5. The molecule has 0 bridgehead atoms. The van der Waals surface area contributed by atoms with E-state index >= 15 is 0 Å². The summed E-state index contributed by atoms with van der Waals surface area (Å²) in [7, 11) is 1.35. The fraction of sp³-hybridized carbons (Fsp3) is 0.381. The van der Waals surface area contributed by atoms with Gasteiger partial charge in [-0.25, -0.2) is 9.48 Å². The summed E-state index contributed by atoms with van der Waals surface area (Å²) in [5.41, 5.74) is 3.44. The van der Waals surface area contributed by atoms with Gasteiger partial charge >= 0.3 is 5.97 Å². The average Bonchev–Trinajstić information content (AvgIpc) is 3.25. The van der Waals surface area contributed by atoms with Crippen LogP contribution in [0.5, 0.6) is 0 Å². The number of methoxy groups -OCH3 is 1. The summed E-state index contributed by atoms with van der Waals surface area (Å²) in [4.78, 5) is 24.6. The smallest absolute Gasteiger partial charge is 0.337 e. The van der Waals surface area contributed by atoms with Crippen molar-refractivity contribution in [2.24, 2.45) is 0 Å². The Morgan fingerprint density at radius 2 is 1.76 bits per heavy atom. The van der Waals surface area contributed by atoms with Gasteiger partial charge in [-0.3, -0.25) is 4.79 Å². The number of hydrogen-bond donors (Lipinski definition) is 0. The Hall–Kier alpha value is -3.29. The van der Waals surface area contributed by atoms with Gasteiger partial charge in [0, 0.05) is 28.1 Å². The Morgan fingerprint density at radius 3 is 2.34 bits per heavy atom. The van der Waals surface area contributed by atoms with Crippen LogP contribution in [0.2, 0.25) is 0 Å². The topological polar surface area (TPSA) is 91.9 Å². The summed E-state index contributed by atoms with van der Waals surface area (Å²) in [5.74, 6) is 0.218. The first kappa shape index (κ1) is 20.4. The number of hydrogen-bond acceptors (Lipinski definition) is 6. The van der Waals surface area contributed by atoms with Gasteiger partial charge in [0.05, 0.1) is 12.7 Å². The highest BCUT2D eigenvalue weighted by Crippen LogP contribution is 2.23. The predicted octanol–water partition coefficient (Wildman–Crippen LogP) is 3.05. The number of aromatic nitrogens is 5. The summed E-state index contributed by atoms with van der Waals surface area (Å²) in [6, 6.07) is 8.95. The van der Waals surface area contributed by atoms with E-state index < -0.39 is 0 Å². The predicted molar refractivity (Wildman–Crippen MR) is 107 cm³/mol. The highest BCUT2D eigenvalue weighted by molar-refractivity contribution is 5.97. The maximum atomic E-state index is 13.0. The first-order chi connectivity index (χ1) is 13.6. The molecule has 2 heterocycles. The number of rotatable bonds is 5. The van der Waals surface area contributed by atoms with E-state index in [9.17, 15) is 9.59 Å². The third-order valence-corrected chi connectivity index (χ3v) is 4.77. The molecule has 0 saturated heterocycles. The van der Waals surface area contributed by atoms with Gasteiger partial charge < -0.3 is 9.30 Å². The fourth-order valence-corrected chi connectivity index (χ4v) is 3.38. The van der Waals surface area contributed by atoms with Crippen LogP contribution >= 0.6 is 0 Å². The van der Waals surface area contributed by atoms with E-state index in [-0.39, 0.29) is 23.7 Å². The van der Waals surface area contributed by atoms with E-state index in [4.69, 9.17) is 4.74 Å². The third-order valence-electron chi connectivity index (χ3n) is 4.77. The molecule has 0 amide bonds. The maximum absolute atomic E-state index is 13.0. The van der Waals surface area contributed by atoms with Crippen LogP contribution in [0.15, 0.2) is 30.3 Å². The SMILES string of the molecule is COC(=O)c1ccc(-n2c(C)cc(C(=O)Cn3nnnc3C(C)(C)C)c2C)cc1. The molecule has 3 rings (SSSR count). The average molecular weight is 395 g/mol. The minimum Gasteiger partial charge on any atom is -0.465 e. The Labute approximate surface area is 169 Å². The second kappa shape index (κ2) is 7.62. The molecule has 0 radical (unpaired) electrons. The summed E-state index contributed by atoms with van der Waals surface area (Å²) in [6.07, 6.45) is 0. The first-order valence-corrected chi connectivity index (χ1v) is 9.31. The minimum absolute atomic E-state index is 0.0617. The van der Waals surface area contributed by atoms with Crippen LogP contribution in [0.1, 0.15) is 58.7 Å². The lowest BCUT2D eigenvalue weighted by atomic mass is 9.96. The van der Waals surface area contributed by atoms with Gasteiger partial charge in [0.25, 0.3) is 0 Å². The monoisotopic (exact) mass is 395 g/mol. The van der Waals surface area contributed by atoms with Crippen molar-refractivity contribution in [1.82, 2.24) is 24.8 Å². The van der Waals surface area contributed by atoms with Crippen LogP contribution in [0.25, 0.3) is 5.69 Å². The number of ether oxygens (including phenoxy) is 1. The molecule has 152 valence electrons. The second-order valence-corrected chi connectivity index (χ2v) is 7.99. The van der Waals surface area contributed by atoms with E-state index in [1.807, 2.05) is 57.4 Å². The minimum atomic E-state index is -0.385. The van der Waals surface area contributed by atoms with Crippen molar-refractivity contribution in [2.45, 2.75) is 46.6 Å². The summed E-state index contributed by atoms with van der Waals surface area (Å²) in [5, 5.41) is 11.8. The second-order valence-electron chi connectivity index (χ2n) is 7.99. The van der Waals surface area contributed by atoms with Crippen molar-refractivity contribution >= 4 is 11.8 Å². The molecule has 8 nitrogen and oxygen atoms in total. The number of carbonyl (C=O) groups is 2. The molecule has 8 heteroatoms. The number of carbonyl (C=O) groups excluding carboxylic acids is 2. The number of benzene rings is 1. The molecule has 0 N–H and O–H groups in total. The van der Waals surface area contributed by atoms with Gasteiger partial charge in [-0.1, -0.05) is 20.8 Å². The van der Waals surface area contributed by atoms with Crippen molar-refractivity contribution in [2.75, 3.05) is 7.11 Å². The molecule has 29 heavy (non-hydrogen) atoms. The van der Waals surface area contributed by atoms with Gasteiger partial charge in [-0.05, 0) is 54.6 Å². The lowest BCUT2D eigenvalue weighted by molar-refractivity contribution is 0.0600. The standard InChI is InChI=1S/C21H25N5O3/c1-13-11-17(18(27)12-25-20(21(3,4)5)22-23-24-25)14(2)26(13)16-9-7-15(8-10-16)19(28)29-6/h7-11H,12H2,1-6H3. The van der Waals surface area contributed by atoms with E-state index in [1.165, 1.54) is 7.11 Å². The van der Waals surface area contributed by atoms with Crippen molar-refractivity contribution in [3.05, 3.63) is 58.7 Å². The van der Waals surface area contributed by atoms with Gasteiger partial charge in [0.2, 0.25) is 0 Å². The molecule has 0 aliphatic carbocycles. The molecule has 2 aromatic heterocycles. The summed E-state index contributed by atoms with van der Waals surface area (Å²) >= 11 is 0. The molecular formula is C21H25N5O3. The van der Waals surface area contributed by atoms with Crippen molar-refractivity contribution in [3.63, 3.8) is 0 Å². The Morgan fingerprint density at radius 1 is 1.10 bits per heavy atom. The lowest BCUT2D eigenvalue weighted by Gasteiger charge is -2.16. The number of aryl methyl sites for hydroxylation is 1. The van der Waals surface area contributed by atoms with E-state index in [0.717, 1.165) is 17.1 Å². The van der Waals surface area contributed by atoms with Gasteiger partial charge in [-0.15, -0.1) is 5.10 Å². The zero-order chi connectivity index (χ0) is 21.3. The molecule has 0 spiro atoms.